The summed E-state index contributed by atoms with van der Waals surface area (Å²) < 4.78 is 5.85. The van der Waals surface area contributed by atoms with Crippen molar-refractivity contribution < 1.29 is 19.4 Å². The van der Waals surface area contributed by atoms with Crippen LogP contribution in [0, 0.1) is 6.92 Å². The van der Waals surface area contributed by atoms with Gasteiger partial charge in [-0.15, -0.1) is 0 Å². The number of carboxylic acid groups (broad SMARTS) is 1. The molecule has 0 aliphatic heterocycles. The van der Waals surface area contributed by atoms with Gasteiger partial charge in [-0.25, -0.2) is 9.78 Å². The Morgan fingerprint density at radius 2 is 1.93 bits per heavy atom. The molecule has 2 N–H and O–H groups in total. The molecule has 0 saturated carbocycles. The van der Waals surface area contributed by atoms with E-state index in [-0.39, 0.29) is 11.3 Å². The number of aromatic nitrogens is 1. The van der Waals surface area contributed by atoms with E-state index in [1.807, 2.05) is 31.2 Å². The summed E-state index contributed by atoms with van der Waals surface area (Å²) >= 11 is 0. The number of phenolic OH excluding ortho intramolecular Hbond substituents is 1. The highest BCUT2D eigenvalue weighted by atomic mass is 16.4. The van der Waals surface area contributed by atoms with Crippen LogP contribution in [-0.2, 0) is 0 Å². The number of hydrogen-bond donors (Lipinski definition) is 2. The first kappa shape index (κ1) is 17.5. The fourth-order valence-electron chi connectivity index (χ4n) is 2.86. The van der Waals surface area contributed by atoms with Gasteiger partial charge in [0.2, 0.25) is 5.89 Å². The highest BCUT2D eigenvalue weighted by Gasteiger charge is 2.11. The quantitative estimate of drug-likeness (QED) is 0.494. The van der Waals surface area contributed by atoms with Crippen LogP contribution in [0.4, 0.5) is 5.69 Å². The standard InChI is InChI=1S/C22H16N2O4/c1-13-4-2-3-5-17(13)21-24-18-11-16(7-9-20(18)28-21)23-12-15-10-14(22(26)27)6-8-19(15)25/h2-12,25H,1H3,(H,26,27). The molecule has 4 rings (SSSR count). The third kappa shape index (κ3) is 3.35. The summed E-state index contributed by atoms with van der Waals surface area (Å²) in [5, 5.41) is 19.0. The van der Waals surface area contributed by atoms with Crippen molar-refractivity contribution in [1.29, 1.82) is 0 Å². The van der Waals surface area contributed by atoms with Crippen LogP contribution in [0.3, 0.4) is 0 Å². The maximum absolute atomic E-state index is 11.1. The van der Waals surface area contributed by atoms with E-state index in [4.69, 9.17) is 9.52 Å². The van der Waals surface area contributed by atoms with Crippen LogP contribution in [-0.4, -0.2) is 27.4 Å². The van der Waals surface area contributed by atoms with Gasteiger partial charge in [0, 0.05) is 17.3 Å². The molecule has 0 atom stereocenters. The fraction of sp³-hybridized carbons (Fsp3) is 0.0455. The lowest BCUT2D eigenvalue weighted by molar-refractivity contribution is 0.0697. The van der Waals surface area contributed by atoms with Crippen LogP contribution in [0.1, 0.15) is 21.5 Å². The lowest BCUT2D eigenvalue weighted by atomic mass is 10.1. The number of hydrogen-bond acceptors (Lipinski definition) is 5. The lowest BCUT2D eigenvalue weighted by Crippen LogP contribution is -1.97. The van der Waals surface area contributed by atoms with E-state index in [0.717, 1.165) is 11.1 Å². The number of aliphatic imine (C=N–C) groups is 1. The predicted octanol–water partition coefficient (Wildman–Crippen LogP) is 4.96. The summed E-state index contributed by atoms with van der Waals surface area (Å²) in [6.45, 7) is 2.00. The number of rotatable bonds is 4. The van der Waals surface area contributed by atoms with E-state index < -0.39 is 5.97 Å². The predicted molar refractivity (Wildman–Crippen MR) is 107 cm³/mol. The molecule has 28 heavy (non-hydrogen) atoms. The topological polar surface area (TPSA) is 95.9 Å². The van der Waals surface area contributed by atoms with Crippen molar-refractivity contribution in [2.45, 2.75) is 6.92 Å². The molecule has 0 saturated heterocycles. The molecule has 0 amide bonds. The summed E-state index contributed by atoms with van der Waals surface area (Å²) in [4.78, 5) is 20.0. The average Bonchev–Trinajstić information content (AvgIpc) is 3.10. The second-order valence-corrected chi connectivity index (χ2v) is 6.32. The van der Waals surface area contributed by atoms with Gasteiger partial charge in [-0.1, -0.05) is 18.2 Å². The number of aromatic hydroxyl groups is 1. The Balaban J connectivity index is 1.67. The molecule has 0 spiro atoms. The zero-order valence-corrected chi connectivity index (χ0v) is 15.0. The minimum Gasteiger partial charge on any atom is -0.507 e. The molecule has 0 bridgehead atoms. The number of aromatic carboxylic acids is 1. The molecule has 0 radical (unpaired) electrons. The van der Waals surface area contributed by atoms with E-state index in [1.54, 1.807) is 18.2 Å². The highest BCUT2D eigenvalue weighted by molar-refractivity contribution is 5.93. The van der Waals surface area contributed by atoms with E-state index in [2.05, 4.69) is 9.98 Å². The Morgan fingerprint density at radius 1 is 1.11 bits per heavy atom. The number of carbonyl (C=O) groups is 1. The first-order chi connectivity index (χ1) is 13.5. The molecule has 3 aromatic carbocycles. The molecule has 4 aromatic rings. The average molecular weight is 372 g/mol. The van der Waals surface area contributed by atoms with Crippen molar-refractivity contribution in [3.63, 3.8) is 0 Å². The number of nitrogens with zero attached hydrogens (tertiary/aromatic N) is 2. The Kier molecular flexibility index (Phi) is 4.37. The molecule has 6 nitrogen and oxygen atoms in total. The van der Waals surface area contributed by atoms with Gasteiger partial charge in [-0.3, -0.25) is 4.99 Å². The van der Waals surface area contributed by atoms with Gasteiger partial charge >= 0.3 is 5.97 Å². The smallest absolute Gasteiger partial charge is 0.335 e. The Morgan fingerprint density at radius 3 is 2.71 bits per heavy atom. The first-order valence-electron chi connectivity index (χ1n) is 8.58. The minimum atomic E-state index is -1.07. The van der Waals surface area contributed by atoms with Crippen LogP contribution in [0.15, 0.2) is 70.1 Å². The summed E-state index contributed by atoms with van der Waals surface area (Å²) in [5.41, 5.74) is 4.32. The molecule has 0 aliphatic rings. The molecule has 1 aromatic heterocycles. The monoisotopic (exact) mass is 372 g/mol. The second-order valence-electron chi connectivity index (χ2n) is 6.32. The molecule has 6 heteroatoms. The first-order valence-corrected chi connectivity index (χ1v) is 8.58. The minimum absolute atomic E-state index is 0.0434. The molecule has 138 valence electrons. The number of aryl methyl sites for hydroxylation is 1. The molecule has 1 heterocycles. The van der Waals surface area contributed by atoms with E-state index in [1.165, 1.54) is 24.4 Å². The summed E-state index contributed by atoms with van der Waals surface area (Å²) in [5.74, 6) is -0.568. The third-order valence-corrected chi connectivity index (χ3v) is 4.37. The Hall–Kier alpha value is -3.93. The van der Waals surface area contributed by atoms with Crippen LogP contribution in [0.2, 0.25) is 0 Å². The summed E-state index contributed by atoms with van der Waals surface area (Å²) in [6.07, 6.45) is 1.42. The van der Waals surface area contributed by atoms with Gasteiger partial charge in [0.25, 0.3) is 0 Å². The van der Waals surface area contributed by atoms with E-state index in [0.29, 0.717) is 28.2 Å². The summed E-state index contributed by atoms with van der Waals surface area (Å²) in [7, 11) is 0. The largest absolute Gasteiger partial charge is 0.507 e. The Labute approximate surface area is 160 Å². The number of phenols is 1. The van der Waals surface area contributed by atoms with Crippen LogP contribution >= 0.6 is 0 Å². The molecule has 0 fully saturated rings. The molecule has 0 unspecified atom stereocenters. The number of benzene rings is 3. The van der Waals surface area contributed by atoms with Gasteiger partial charge in [0.1, 0.15) is 11.3 Å². The highest BCUT2D eigenvalue weighted by Crippen LogP contribution is 2.29. The van der Waals surface area contributed by atoms with Crippen molar-refractivity contribution in [1.82, 2.24) is 4.98 Å². The third-order valence-electron chi connectivity index (χ3n) is 4.37. The van der Waals surface area contributed by atoms with Crippen molar-refractivity contribution in [2.75, 3.05) is 0 Å². The zero-order chi connectivity index (χ0) is 19.7. The number of carboxylic acids is 1. The van der Waals surface area contributed by atoms with E-state index in [9.17, 15) is 9.90 Å². The van der Waals surface area contributed by atoms with Crippen LogP contribution in [0.25, 0.3) is 22.6 Å². The van der Waals surface area contributed by atoms with Gasteiger partial charge in [-0.2, -0.15) is 0 Å². The summed E-state index contributed by atoms with van der Waals surface area (Å²) in [6, 6.07) is 17.2. The maximum Gasteiger partial charge on any atom is 0.335 e. The molecule has 0 aliphatic carbocycles. The van der Waals surface area contributed by atoms with Gasteiger partial charge in [-0.05, 0) is 55.0 Å². The zero-order valence-electron chi connectivity index (χ0n) is 15.0. The van der Waals surface area contributed by atoms with Crippen LogP contribution in [0.5, 0.6) is 5.75 Å². The SMILES string of the molecule is Cc1ccccc1-c1nc2cc(N=Cc3cc(C(=O)O)ccc3O)ccc2o1. The van der Waals surface area contributed by atoms with Crippen molar-refractivity contribution in [2.24, 2.45) is 4.99 Å². The van der Waals surface area contributed by atoms with Gasteiger partial charge in [0.05, 0.1) is 11.3 Å². The maximum atomic E-state index is 11.1. The van der Waals surface area contributed by atoms with Crippen LogP contribution < -0.4 is 0 Å². The molecular weight excluding hydrogens is 356 g/mol. The normalized spacial score (nSPS) is 11.3. The lowest BCUT2D eigenvalue weighted by Gasteiger charge is -2.00. The fourth-order valence-corrected chi connectivity index (χ4v) is 2.86. The van der Waals surface area contributed by atoms with Crippen molar-refractivity contribution >= 4 is 29.0 Å². The van der Waals surface area contributed by atoms with Gasteiger partial charge in [0.15, 0.2) is 5.58 Å². The van der Waals surface area contributed by atoms with Crippen molar-refractivity contribution in [3.05, 3.63) is 77.4 Å². The molecular formula is C22H16N2O4. The van der Waals surface area contributed by atoms with E-state index >= 15 is 0 Å². The Bertz CT molecular complexity index is 1220. The van der Waals surface area contributed by atoms with Crippen molar-refractivity contribution in [3.8, 4) is 17.2 Å². The number of fused-ring (bicyclic) bond motifs is 1. The van der Waals surface area contributed by atoms with Gasteiger partial charge < -0.3 is 14.6 Å². The second kappa shape index (κ2) is 7.00. The number of oxazole rings is 1.